The summed E-state index contributed by atoms with van der Waals surface area (Å²) in [7, 11) is 0. The van der Waals surface area contributed by atoms with E-state index in [0.29, 0.717) is 18.7 Å². The molecule has 0 saturated heterocycles. The third kappa shape index (κ3) is 7.80. The highest BCUT2D eigenvalue weighted by atomic mass is 79.9. The minimum absolute atomic E-state index is 0.0126. The van der Waals surface area contributed by atoms with Crippen LogP contribution in [0.25, 0.3) is 0 Å². The van der Waals surface area contributed by atoms with Crippen molar-refractivity contribution < 1.29 is 9.59 Å². The third-order valence-corrected chi connectivity index (χ3v) is 6.52. The molecule has 0 aromatic heterocycles. The molecule has 0 heterocycles. The van der Waals surface area contributed by atoms with Crippen molar-refractivity contribution >= 4 is 39.5 Å². The lowest BCUT2D eigenvalue weighted by Gasteiger charge is -2.29. The SMILES string of the molecule is CC[C@@H](C)NC(=O)[C@@H](C)N(Cc1cccc(Br)c1)C(=O)CCSc1ccc(C)cc1. The number of aryl methyl sites for hydroxylation is 1. The third-order valence-electron chi connectivity index (χ3n) is 5.02. The van der Waals surface area contributed by atoms with Crippen molar-refractivity contribution in [2.45, 2.75) is 64.1 Å². The van der Waals surface area contributed by atoms with Gasteiger partial charge in [0.2, 0.25) is 11.8 Å². The van der Waals surface area contributed by atoms with E-state index in [-0.39, 0.29) is 17.9 Å². The number of carbonyl (C=O) groups is 2. The molecule has 0 spiro atoms. The minimum atomic E-state index is -0.533. The van der Waals surface area contributed by atoms with Crippen molar-refractivity contribution in [2.75, 3.05) is 5.75 Å². The average Bonchev–Trinajstić information content (AvgIpc) is 2.72. The van der Waals surface area contributed by atoms with Gasteiger partial charge in [0.1, 0.15) is 6.04 Å². The van der Waals surface area contributed by atoms with Crippen LogP contribution >= 0.6 is 27.7 Å². The van der Waals surface area contributed by atoms with Crippen LogP contribution in [0.15, 0.2) is 57.9 Å². The summed E-state index contributed by atoms with van der Waals surface area (Å²) in [6.45, 7) is 8.28. The second kappa shape index (κ2) is 12.2. The molecule has 0 aliphatic heterocycles. The van der Waals surface area contributed by atoms with E-state index >= 15 is 0 Å². The Labute approximate surface area is 192 Å². The minimum Gasteiger partial charge on any atom is -0.352 e. The Morgan fingerprint density at radius 1 is 1.13 bits per heavy atom. The fourth-order valence-electron chi connectivity index (χ4n) is 2.91. The number of nitrogens with zero attached hydrogens (tertiary/aromatic N) is 1. The molecule has 0 unspecified atom stereocenters. The van der Waals surface area contributed by atoms with Crippen molar-refractivity contribution in [1.29, 1.82) is 0 Å². The van der Waals surface area contributed by atoms with Gasteiger partial charge in [0, 0.05) is 34.1 Å². The van der Waals surface area contributed by atoms with Gasteiger partial charge >= 0.3 is 0 Å². The van der Waals surface area contributed by atoms with Crippen molar-refractivity contribution in [3.63, 3.8) is 0 Å². The first-order valence-corrected chi connectivity index (χ1v) is 12.1. The Kier molecular flexibility index (Phi) is 9.92. The topological polar surface area (TPSA) is 49.4 Å². The van der Waals surface area contributed by atoms with Crippen molar-refractivity contribution in [2.24, 2.45) is 0 Å². The summed E-state index contributed by atoms with van der Waals surface area (Å²) < 4.78 is 0.957. The van der Waals surface area contributed by atoms with Gasteiger partial charge in [0.15, 0.2) is 0 Å². The molecule has 0 radical (unpaired) electrons. The molecule has 0 aliphatic carbocycles. The number of rotatable bonds is 10. The molecule has 162 valence electrons. The summed E-state index contributed by atoms with van der Waals surface area (Å²) in [4.78, 5) is 28.7. The zero-order valence-electron chi connectivity index (χ0n) is 18.2. The molecule has 2 atom stereocenters. The van der Waals surface area contributed by atoms with E-state index in [1.54, 1.807) is 23.6 Å². The lowest BCUT2D eigenvalue weighted by Crippen LogP contribution is -2.49. The standard InChI is InChI=1S/C24H31BrN2O2S/c1-5-18(3)26-24(29)19(4)27(16-20-7-6-8-21(25)15-20)23(28)13-14-30-22-11-9-17(2)10-12-22/h6-12,15,18-19H,5,13-14,16H2,1-4H3,(H,26,29)/t18-,19-/m1/s1. The van der Waals surface area contributed by atoms with Gasteiger partial charge in [-0.25, -0.2) is 0 Å². The number of nitrogens with one attached hydrogen (secondary N) is 1. The van der Waals surface area contributed by atoms with E-state index in [0.717, 1.165) is 21.4 Å². The van der Waals surface area contributed by atoms with E-state index in [4.69, 9.17) is 0 Å². The first-order chi connectivity index (χ1) is 14.3. The summed E-state index contributed by atoms with van der Waals surface area (Å²) in [6.07, 6.45) is 1.23. The van der Waals surface area contributed by atoms with Crippen LogP contribution in [0.2, 0.25) is 0 Å². The monoisotopic (exact) mass is 490 g/mol. The van der Waals surface area contributed by atoms with Gasteiger partial charge in [-0.2, -0.15) is 0 Å². The van der Waals surface area contributed by atoms with Gasteiger partial charge in [-0.3, -0.25) is 9.59 Å². The van der Waals surface area contributed by atoms with Crippen molar-refractivity contribution in [3.05, 3.63) is 64.1 Å². The Bertz CT molecular complexity index is 841. The average molecular weight is 491 g/mol. The smallest absolute Gasteiger partial charge is 0.242 e. The number of thioether (sulfide) groups is 1. The Hall–Kier alpha value is -1.79. The highest BCUT2D eigenvalue weighted by molar-refractivity contribution is 9.10. The van der Waals surface area contributed by atoms with Crippen LogP contribution in [0.3, 0.4) is 0 Å². The maximum Gasteiger partial charge on any atom is 0.242 e. The molecule has 6 heteroatoms. The van der Waals surface area contributed by atoms with Crippen LogP contribution < -0.4 is 5.32 Å². The number of hydrogen-bond donors (Lipinski definition) is 1. The Morgan fingerprint density at radius 3 is 2.47 bits per heavy atom. The van der Waals surface area contributed by atoms with Gasteiger partial charge in [0.25, 0.3) is 0 Å². The van der Waals surface area contributed by atoms with Crippen LogP contribution in [-0.4, -0.2) is 34.6 Å². The summed E-state index contributed by atoms with van der Waals surface area (Å²) >= 11 is 5.15. The van der Waals surface area contributed by atoms with Crippen molar-refractivity contribution in [1.82, 2.24) is 10.2 Å². The van der Waals surface area contributed by atoms with E-state index < -0.39 is 6.04 Å². The molecule has 2 aromatic rings. The van der Waals surface area contributed by atoms with Gasteiger partial charge in [-0.1, -0.05) is 52.7 Å². The molecular formula is C24H31BrN2O2S. The quantitative estimate of drug-likeness (QED) is 0.442. The molecule has 0 fully saturated rings. The first-order valence-electron chi connectivity index (χ1n) is 10.3. The Morgan fingerprint density at radius 2 is 1.83 bits per heavy atom. The van der Waals surface area contributed by atoms with Crippen LogP contribution in [0, 0.1) is 6.92 Å². The second-order valence-corrected chi connectivity index (χ2v) is 9.64. The lowest BCUT2D eigenvalue weighted by molar-refractivity contribution is -0.140. The zero-order valence-corrected chi connectivity index (χ0v) is 20.6. The second-order valence-electron chi connectivity index (χ2n) is 7.56. The fraction of sp³-hybridized carbons (Fsp3) is 0.417. The van der Waals surface area contributed by atoms with Crippen LogP contribution in [0.5, 0.6) is 0 Å². The van der Waals surface area contributed by atoms with E-state index in [1.807, 2.05) is 38.1 Å². The molecule has 1 N–H and O–H groups in total. The molecular weight excluding hydrogens is 460 g/mol. The van der Waals surface area contributed by atoms with E-state index in [1.165, 1.54) is 5.56 Å². The molecule has 30 heavy (non-hydrogen) atoms. The van der Waals surface area contributed by atoms with Gasteiger partial charge in [-0.05, 0) is 57.0 Å². The summed E-state index contributed by atoms with van der Waals surface area (Å²) in [5, 5.41) is 3.00. The summed E-state index contributed by atoms with van der Waals surface area (Å²) in [5.74, 6) is 0.552. The number of carbonyl (C=O) groups excluding carboxylic acids is 2. The molecule has 2 rings (SSSR count). The highest BCUT2D eigenvalue weighted by Crippen LogP contribution is 2.21. The number of hydrogen-bond acceptors (Lipinski definition) is 3. The maximum atomic E-state index is 13.1. The van der Waals surface area contributed by atoms with Crippen LogP contribution in [-0.2, 0) is 16.1 Å². The normalized spacial score (nSPS) is 12.8. The molecule has 2 aromatic carbocycles. The van der Waals surface area contributed by atoms with Crippen molar-refractivity contribution in [3.8, 4) is 0 Å². The van der Waals surface area contributed by atoms with Gasteiger partial charge in [-0.15, -0.1) is 11.8 Å². The number of halogens is 1. The summed E-state index contributed by atoms with van der Waals surface area (Å²) in [5.41, 5.74) is 2.21. The highest BCUT2D eigenvalue weighted by Gasteiger charge is 2.26. The molecule has 2 amide bonds. The molecule has 0 aliphatic rings. The number of amides is 2. The maximum absolute atomic E-state index is 13.1. The van der Waals surface area contributed by atoms with Crippen LogP contribution in [0.4, 0.5) is 0 Å². The van der Waals surface area contributed by atoms with Gasteiger partial charge < -0.3 is 10.2 Å². The van der Waals surface area contributed by atoms with Gasteiger partial charge in [0.05, 0.1) is 0 Å². The fourth-order valence-corrected chi connectivity index (χ4v) is 4.20. The van der Waals surface area contributed by atoms with Crippen LogP contribution in [0.1, 0.15) is 44.7 Å². The molecule has 0 saturated carbocycles. The molecule has 4 nitrogen and oxygen atoms in total. The first kappa shape index (κ1) is 24.5. The predicted octanol–water partition coefficient (Wildman–Crippen LogP) is 5.57. The zero-order chi connectivity index (χ0) is 22.1. The Balaban J connectivity index is 2.07. The summed E-state index contributed by atoms with van der Waals surface area (Å²) in [6, 6.07) is 15.7. The largest absolute Gasteiger partial charge is 0.352 e. The number of benzene rings is 2. The van der Waals surface area contributed by atoms with E-state index in [9.17, 15) is 9.59 Å². The van der Waals surface area contributed by atoms with E-state index in [2.05, 4.69) is 52.4 Å². The predicted molar refractivity (Wildman–Crippen MR) is 129 cm³/mol. The molecule has 0 bridgehead atoms. The lowest BCUT2D eigenvalue weighted by atomic mass is 10.1.